The van der Waals surface area contributed by atoms with Gasteiger partial charge in [0.1, 0.15) is 23.2 Å². The van der Waals surface area contributed by atoms with E-state index in [1.165, 1.54) is 20.4 Å². The second-order valence-electron chi connectivity index (χ2n) is 7.12. The molecule has 0 bridgehead atoms. The molecule has 0 atom stereocenters. The molecule has 11 heteroatoms. The Bertz CT molecular complexity index is 1310. The van der Waals surface area contributed by atoms with Gasteiger partial charge in [-0.05, 0) is 43.3 Å². The maximum atomic E-state index is 12.1. The Morgan fingerprint density at radius 3 is 2.77 bits per heavy atom. The molecule has 0 aliphatic carbocycles. The highest BCUT2D eigenvalue weighted by atomic mass is 35.5. The van der Waals surface area contributed by atoms with Crippen molar-refractivity contribution in [3.05, 3.63) is 69.6 Å². The lowest BCUT2D eigenvalue weighted by molar-refractivity contribution is -0.123. The van der Waals surface area contributed by atoms with E-state index in [0.717, 1.165) is 0 Å². The van der Waals surface area contributed by atoms with Gasteiger partial charge in [-0.1, -0.05) is 11.6 Å². The molecule has 1 aromatic carbocycles. The van der Waals surface area contributed by atoms with Gasteiger partial charge in [0.05, 0.1) is 30.5 Å². The van der Waals surface area contributed by atoms with Gasteiger partial charge in [0.15, 0.2) is 6.61 Å². The molecule has 3 aromatic rings. The fraction of sp³-hybridized carbons (Fsp3) is 0.208. The van der Waals surface area contributed by atoms with Crippen LogP contribution in [0.15, 0.2) is 45.9 Å². The number of esters is 1. The summed E-state index contributed by atoms with van der Waals surface area (Å²) in [5.41, 5.74) is 4.56. The third kappa shape index (κ3) is 6.44. The van der Waals surface area contributed by atoms with Gasteiger partial charge < -0.3 is 18.6 Å². The average molecular weight is 497 g/mol. The molecule has 0 radical (unpaired) electrons. The van der Waals surface area contributed by atoms with Crippen LogP contribution in [0.4, 0.5) is 0 Å². The van der Waals surface area contributed by atoms with Crippen LogP contribution in [0.3, 0.4) is 0 Å². The van der Waals surface area contributed by atoms with Crippen LogP contribution in [-0.2, 0) is 20.9 Å². The standard InChI is InChI=1S/C24H21ClN4O6/c1-14-8-16(12-32-2)19(10-26)23(28-14)34-13-22(30)29-27-11-17-5-7-21(35-17)18-9-15(24(31)33-3)4-6-20(18)25/h4-9,11H,12-13H2,1-3H3,(H,29,30)/b27-11-. The van der Waals surface area contributed by atoms with Crippen LogP contribution in [0.25, 0.3) is 11.3 Å². The number of carbonyl (C=O) groups is 2. The maximum absolute atomic E-state index is 12.1. The molecule has 0 saturated heterocycles. The molecule has 3 rings (SSSR count). The molecule has 10 nitrogen and oxygen atoms in total. The fourth-order valence-electron chi connectivity index (χ4n) is 3.06. The van der Waals surface area contributed by atoms with Crippen molar-refractivity contribution in [3.63, 3.8) is 0 Å². The number of furan rings is 1. The number of rotatable bonds is 9. The Morgan fingerprint density at radius 2 is 2.06 bits per heavy atom. The Morgan fingerprint density at radius 1 is 1.26 bits per heavy atom. The Labute approximate surface area is 206 Å². The van der Waals surface area contributed by atoms with Crippen molar-refractivity contribution in [2.75, 3.05) is 20.8 Å². The molecule has 0 fully saturated rings. The number of hydrogen-bond donors (Lipinski definition) is 1. The third-order valence-corrected chi connectivity index (χ3v) is 4.94. The van der Waals surface area contributed by atoms with E-state index >= 15 is 0 Å². The van der Waals surface area contributed by atoms with Crippen LogP contribution in [0.5, 0.6) is 5.88 Å². The number of amides is 1. The van der Waals surface area contributed by atoms with E-state index < -0.39 is 18.5 Å². The van der Waals surface area contributed by atoms with Crippen molar-refractivity contribution < 1.29 is 28.2 Å². The first-order valence-corrected chi connectivity index (χ1v) is 10.6. The summed E-state index contributed by atoms with van der Waals surface area (Å²) in [6.45, 7) is 1.55. The second kappa shape index (κ2) is 11.8. The predicted octanol–water partition coefficient (Wildman–Crippen LogP) is 3.64. The van der Waals surface area contributed by atoms with E-state index in [1.807, 2.05) is 6.07 Å². The quantitative estimate of drug-likeness (QED) is 0.269. The van der Waals surface area contributed by atoms with E-state index in [4.69, 9.17) is 30.2 Å². The van der Waals surface area contributed by atoms with E-state index in [2.05, 4.69) is 15.5 Å². The van der Waals surface area contributed by atoms with Crippen molar-refractivity contribution in [1.82, 2.24) is 10.4 Å². The molecular weight excluding hydrogens is 476 g/mol. The molecule has 0 saturated carbocycles. The molecule has 1 N–H and O–H groups in total. The fourth-order valence-corrected chi connectivity index (χ4v) is 3.27. The van der Waals surface area contributed by atoms with Gasteiger partial charge in [-0.15, -0.1) is 0 Å². The van der Waals surface area contributed by atoms with Gasteiger partial charge >= 0.3 is 5.97 Å². The number of nitrogens with one attached hydrogen (secondary N) is 1. The number of nitriles is 1. The van der Waals surface area contributed by atoms with E-state index in [0.29, 0.717) is 38.9 Å². The lowest BCUT2D eigenvalue weighted by Gasteiger charge is -2.10. The minimum Gasteiger partial charge on any atom is -0.467 e. The van der Waals surface area contributed by atoms with Gasteiger partial charge in [-0.2, -0.15) is 10.4 Å². The van der Waals surface area contributed by atoms with Gasteiger partial charge in [0.2, 0.25) is 5.88 Å². The molecular formula is C24H21ClN4O6. The highest BCUT2D eigenvalue weighted by Crippen LogP contribution is 2.30. The molecule has 2 heterocycles. The van der Waals surface area contributed by atoms with Crippen molar-refractivity contribution >= 4 is 29.7 Å². The highest BCUT2D eigenvalue weighted by Gasteiger charge is 2.15. The largest absolute Gasteiger partial charge is 0.467 e. The molecule has 0 unspecified atom stereocenters. The van der Waals surface area contributed by atoms with Crippen LogP contribution < -0.4 is 10.2 Å². The zero-order valence-electron chi connectivity index (χ0n) is 19.1. The zero-order valence-corrected chi connectivity index (χ0v) is 19.9. The molecule has 2 aromatic heterocycles. The summed E-state index contributed by atoms with van der Waals surface area (Å²) in [5.74, 6) is -0.294. The topological polar surface area (TPSA) is 136 Å². The van der Waals surface area contributed by atoms with Crippen LogP contribution in [0.2, 0.25) is 5.02 Å². The predicted molar refractivity (Wildman–Crippen MR) is 126 cm³/mol. The summed E-state index contributed by atoms with van der Waals surface area (Å²) in [6.07, 6.45) is 1.29. The van der Waals surface area contributed by atoms with Gasteiger partial charge in [-0.3, -0.25) is 4.79 Å². The van der Waals surface area contributed by atoms with E-state index in [9.17, 15) is 14.9 Å². The summed E-state index contributed by atoms with van der Waals surface area (Å²) in [5, 5.41) is 13.6. The first kappa shape index (κ1) is 25.4. The summed E-state index contributed by atoms with van der Waals surface area (Å²) in [6, 6.07) is 11.7. The summed E-state index contributed by atoms with van der Waals surface area (Å²) >= 11 is 6.23. The Balaban J connectivity index is 1.62. The normalized spacial score (nSPS) is 10.7. The number of methoxy groups -OCH3 is 2. The minimum atomic E-state index is -0.567. The monoisotopic (exact) mass is 496 g/mol. The number of hydrazone groups is 1. The first-order valence-electron chi connectivity index (χ1n) is 10.2. The van der Waals surface area contributed by atoms with Crippen molar-refractivity contribution in [2.24, 2.45) is 5.10 Å². The highest BCUT2D eigenvalue weighted by molar-refractivity contribution is 6.33. The van der Waals surface area contributed by atoms with E-state index in [1.54, 1.807) is 43.3 Å². The smallest absolute Gasteiger partial charge is 0.337 e. The molecule has 1 amide bonds. The lowest BCUT2D eigenvalue weighted by Crippen LogP contribution is -2.25. The lowest BCUT2D eigenvalue weighted by atomic mass is 10.1. The van der Waals surface area contributed by atoms with Gasteiger partial charge in [0.25, 0.3) is 5.91 Å². The average Bonchev–Trinajstić information content (AvgIpc) is 3.31. The van der Waals surface area contributed by atoms with Crippen LogP contribution in [0.1, 0.15) is 32.9 Å². The number of aryl methyl sites for hydroxylation is 1. The van der Waals surface area contributed by atoms with Crippen LogP contribution in [-0.4, -0.2) is 43.9 Å². The van der Waals surface area contributed by atoms with Crippen LogP contribution >= 0.6 is 11.6 Å². The Hall–Kier alpha value is -4.20. The van der Waals surface area contributed by atoms with Crippen LogP contribution in [0, 0.1) is 18.3 Å². The number of halogens is 1. The number of pyridine rings is 1. The molecule has 35 heavy (non-hydrogen) atoms. The summed E-state index contributed by atoms with van der Waals surface area (Å²) in [7, 11) is 2.80. The zero-order chi connectivity index (χ0) is 25.4. The summed E-state index contributed by atoms with van der Waals surface area (Å²) in [4.78, 5) is 28.1. The second-order valence-corrected chi connectivity index (χ2v) is 7.53. The molecule has 0 aliphatic rings. The van der Waals surface area contributed by atoms with Gasteiger partial charge in [0, 0.05) is 23.9 Å². The maximum Gasteiger partial charge on any atom is 0.337 e. The van der Waals surface area contributed by atoms with Gasteiger partial charge in [-0.25, -0.2) is 15.2 Å². The number of nitrogens with zero attached hydrogens (tertiary/aromatic N) is 3. The van der Waals surface area contributed by atoms with E-state index in [-0.39, 0.29) is 18.1 Å². The first-order chi connectivity index (χ1) is 16.9. The minimum absolute atomic E-state index is 0.0421. The SMILES string of the molecule is COCc1cc(C)nc(OCC(=O)N/N=C\c2ccc(-c3cc(C(=O)OC)ccc3Cl)o2)c1C#N. The third-order valence-electron chi connectivity index (χ3n) is 4.61. The van der Waals surface area contributed by atoms with Crippen molar-refractivity contribution in [1.29, 1.82) is 5.26 Å². The Kier molecular flexibility index (Phi) is 8.56. The molecule has 0 aliphatic heterocycles. The number of benzene rings is 1. The van der Waals surface area contributed by atoms with Crippen molar-refractivity contribution in [3.8, 4) is 23.3 Å². The summed E-state index contributed by atoms with van der Waals surface area (Å²) < 4.78 is 20.9. The molecule has 0 spiro atoms. The number of hydrogen-bond acceptors (Lipinski definition) is 9. The number of carbonyl (C=O) groups excluding carboxylic acids is 2. The number of aromatic nitrogens is 1. The van der Waals surface area contributed by atoms with Crippen molar-refractivity contribution in [2.45, 2.75) is 13.5 Å². The number of ether oxygens (including phenoxy) is 3. The molecule has 180 valence electrons.